The molecule has 0 fully saturated rings. The minimum absolute atomic E-state index is 0.201. The molecule has 0 bridgehead atoms. The van der Waals surface area contributed by atoms with Gasteiger partial charge in [0.05, 0.1) is 5.56 Å². The maximum absolute atomic E-state index is 12.2. The first-order chi connectivity index (χ1) is 14.3. The van der Waals surface area contributed by atoms with Crippen molar-refractivity contribution in [2.24, 2.45) is 17.3 Å². The molecule has 30 heavy (non-hydrogen) atoms. The number of ether oxygens (including phenoxy) is 1. The van der Waals surface area contributed by atoms with Crippen molar-refractivity contribution in [3.63, 3.8) is 0 Å². The molecule has 0 spiro atoms. The van der Waals surface area contributed by atoms with Crippen molar-refractivity contribution < 1.29 is 9.53 Å². The van der Waals surface area contributed by atoms with Gasteiger partial charge in [-0.05, 0) is 74.5 Å². The van der Waals surface area contributed by atoms with Gasteiger partial charge >= 0.3 is 5.97 Å². The predicted molar refractivity (Wildman–Crippen MR) is 128 cm³/mol. The Labute approximate surface area is 188 Å². The molecule has 1 aliphatic carbocycles. The molecule has 0 aliphatic heterocycles. The standard InChI is InChI=1S/C27H37ClO2/c1-20(2)25-14-13-24(27(25,5)17-15-21(3)16-18-28)12-11-22(4)19-30-26(29)23-9-7-6-8-10-23/h6-11,13,16,20,25H,12,14-15,17-19H2,1-5H3/b21-16+,22-11+/t25-,27+/m0/s1. The average Bonchev–Trinajstić information content (AvgIpc) is 3.06. The Hall–Kier alpha value is -1.80. The van der Waals surface area contributed by atoms with E-state index in [1.54, 1.807) is 12.1 Å². The second-order valence-corrected chi connectivity index (χ2v) is 9.44. The van der Waals surface area contributed by atoms with Crippen molar-refractivity contribution >= 4 is 17.6 Å². The number of carbonyl (C=O) groups excluding carboxylic acids is 1. The molecule has 0 saturated heterocycles. The fraction of sp³-hybridized carbons (Fsp3) is 0.519. The molecule has 0 amide bonds. The fourth-order valence-electron chi connectivity index (χ4n) is 4.54. The first-order valence-corrected chi connectivity index (χ1v) is 11.6. The molecule has 0 saturated carbocycles. The summed E-state index contributed by atoms with van der Waals surface area (Å²) in [7, 11) is 0. The number of rotatable bonds is 10. The van der Waals surface area contributed by atoms with Crippen LogP contribution in [0.3, 0.4) is 0 Å². The Bertz CT molecular complexity index is 788. The van der Waals surface area contributed by atoms with Crippen LogP contribution in [0.25, 0.3) is 0 Å². The molecule has 0 aromatic heterocycles. The van der Waals surface area contributed by atoms with Crippen LogP contribution < -0.4 is 0 Å². The molecule has 3 heteroatoms. The Morgan fingerprint density at radius 3 is 2.53 bits per heavy atom. The predicted octanol–water partition coefficient (Wildman–Crippen LogP) is 7.75. The van der Waals surface area contributed by atoms with Gasteiger partial charge in [-0.15, -0.1) is 11.6 Å². The highest BCUT2D eigenvalue weighted by atomic mass is 35.5. The highest BCUT2D eigenvalue weighted by Crippen LogP contribution is 2.52. The summed E-state index contributed by atoms with van der Waals surface area (Å²) in [5.41, 5.74) is 4.78. The van der Waals surface area contributed by atoms with Gasteiger partial charge in [0.2, 0.25) is 0 Å². The lowest BCUT2D eigenvalue weighted by molar-refractivity contribution is 0.0540. The highest BCUT2D eigenvalue weighted by molar-refractivity contribution is 6.18. The fourth-order valence-corrected chi connectivity index (χ4v) is 4.81. The van der Waals surface area contributed by atoms with Crippen LogP contribution in [-0.2, 0) is 4.74 Å². The van der Waals surface area contributed by atoms with Gasteiger partial charge in [0.1, 0.15) is 6.61 Å². The molecule has 0 radical (unpaired) electrons. The van der Waals surface area contributed by atoms with Crippen molar-refractivity contribution in [3.8, 4) is 0 Å². The number of alkyl halides is 1. The lowest BCUT2D eigenvalue weighted by atomic mass is 9.67. The van der Waals surface area contributed by atoms with Gasteiger partial charge in [0.15, 0.2) is 0 Å². The second-order valence-electron chi connectivity index (χ2n) is 9.13. The zero-order chi connectivity index (χ0) is 22.1. The normalized spacial score (nSPS) is 22.4. The van der Waals surface area contributed by atoms with Gasteiger partial charge in [-0.3, -0.25) is 0 Å². The minimum atomic E-state index is -0.269. The number of carbonyl (C=O) groups is 1. The largest absolute Gasteiger partial charge is 0.458 e. The zero-order valence-electron chi connectivity index (χ0n) is 19.2. The summed E-state index contributed by atoms with van der Waals surface area (Å²) in [5.74, 6) is 1.64. The van der Waals surface area contributed by atoms with E-state index in [1.807, 2.05) is 25.1 Å². The molecular formula is C27H37ClO2. The maximum atomic E-state index is 12.2. The third-order valence-electron chi connectivity index (χ3n) is 6.55. The van der Waals surface area contributed by atoms with E-state index < -0.39 is 0 Å². The molecule has 164 valence electrons. The molecular weight excluding hydrogens is 392 g/mol. The molecule has 1 aromatic rings. The van der Waals surface area contributed by atoms with Crippen LogP contribution in [0.5, 0.6) is 0 Å². The number of hydrogen-bond donors (Lipinski definition) is 0. The van der Waals surface area contributed by atoms with E-state index in [-0.39, 0.29) is 11.4 Å². The van der Waals surface area contributed by atoms with Crippen LogP contribution in [-0.4, -0.2) is 18.5 Å². The van der Waals surface area contributed by atoms with E-state index in [2.05, 4.69) is 45.9 Å². The summed E-state index contributed by atoms with van der Waals surface area (Å²) in [4.78, 5) is 12.2. The summed E-state index contributed by atoms with van der Waals surface area (Å²) in [6, 6.07) is 9.15. The summed E-state index contributed by atoms with van der Waals surface area (Å²) in [5, 5.41) is 0. The SMILES string of the molecule is C/C(=C\CCl)CC[C@]1(C)C(C/C=C(\C)COC(=O)c2ccccc2)=CC[C@H]1C(C)C. The number of halogens is 1. The number of hydrogen-bond acceptors (Lipinski definition) is 2. The van der Waals surface area contributed by atoms with E-state index in [9.17, 15) is 4.79 Å². The minimum Gasteiger partial charge on any atom is -0.458 e. The van der Waals surface area contributed by atoms with E-state index in [0.29, 0.717) is 29.9 Å². The Balaban J connectivity index is 2.00. The van der Waals surface area contributed by atoms with E-state index in [4.69, 9.17) is 16.3 Å². The van der Waals surface area contributed by atoms with Crippen molar-refractivity contribution in [3.05, 3.63) is 70.8 Å². The first-order valence-electron chi connectivity index (χ1n) is 11.1. The van der Waals surface area contributed by atoms with Crippen LogP contribution >= 0.6 is 11.6 Å². The third-order valence-corrected chi connectivity index (χ3v) is 6.70. The second kappa shape index (κ2) is 11.6. The number of esters is 1. The van der Waals surface area contributed by atoms with Gasteiger partial charge < -0.3 is 4.74 Å². The molecule has 1 aromatic carbocycles. The Kier molecular flexibility index (Phi) is 9.42. The van der Waals surface area contributed by atoms with Crippen molar-refractivity contribution in [1.29, 1.82) is 0 Å². The Morgan fingerprint density at radius 2 is 1.90 bits per heavy atom. The molecule has 2 nitrogen and oxygen atoms in total. The summed E-state index contributed by atoms with van der Waals surface area (Å²) < 4.78 is 5.48. The first kappa shape index (κ1) is 24.5. The van der Waals surface area contributed by atoms with Gasteiger partial charge in [0.25, 0.3) is 0 Å². The van der Waals surface area contributed by atoms with Crippen LogP contribution in [0.15, 0.2) is 65.3 Å². The summed E-state index contributed by atoms with van der Waals surface area (Å²) >= 11 is 5.88. The maximum Gasteiger partial charge on any atom is 0.338 e. The van der Waals surface area contributed by atoms with Crippen molar-refractivity contribution in [1.82, 2.24) is 0 Å². The average molecular weight is 429 g/mol. The molecule has 2 atom stereocenters. The van der Waals surface area contributed by atoms with Gasteiger partial charge in [-0.25, -0.2) is 4.79 Å². The molecule has 2 rings (SSSR count). The smallest absolute Gasteiger partial charge is 0.338 e. The zero-order valence-corrected chi connectivity index (χ0v) is 20.0. The van der Waals surface area contributed by atoms with Crippen LogP contribution in [0.1, 0.15) is 70.7 Å². The highest BCUT2D eigenvalue weighted by Gasteiger charge is 2.41. The third kappa shape index (κ3) is 6.60. The lowest BCUT2D eigenvalue weighted by Crippen LogP contribution is -2.29. The van der Waals surface area contributed by atoms with E-state index in [1.165, 1.54) is 11.1 Å². The van der Waals surface area contributed by atoms with Gasteiger partial charge in [-0.2, -0.15) is 0 Å². The van der Waals surface area contributed by atoms with E-state index in [0.717, 1.165) is 31.3 Å². The number of allylic oxidation sites excluding steroid dienone is 5. The van der Waals surface area contributed by atoms with Gasteiger partial charge in [0, 0.05) is 5.88 Å². The summed E-state index contributed by atoms with van der Waals surface area (Å²) in [6.45, 7) is 11.7. The molecule has 1 aliphatic rings. The molecule has 0 unspecified atom stereocenters. The quantitative estimate of drug-likeness (QED) is 0.216. The lowest BCUT2D eigenvalue weighted by Gasteiger charge is -2.38. The Morgan fingerprint density at radius 1 is 1.20 bits per heavy atom. The molecule has 0 heterocycles. The van der Waals surface area contributed by atoms with Crippen molar-refractivity contribution in [2.75, 3.05) is 12.5 Å². The van der Waals surface area contributed by atoms with Crippen LogP contribution in [0.4, 0.5) is 0 Å². The van der Waals surface area contributed by atoms with Crippen molar-refractivity contribution in [2.45, 2.75) is 60.3 Å². The van der Waals surface area contributed by atoms with Gasteiger partial charge in [-0.1, -0.05) is 68.3 Å². The topological polar surface area (TPSA) is 26.3 Å². The van der Waals surface area contributed by atoms with Crippen LogP contribution in [0.2, 0.25) is 0 Å². The molecule has 0 N–H and O–H groups in total. The van der Waals surface area contributed by atoms with E-state index >= 15 is 0 Å². The summed E-state index contributed by atoms with van der Waals surface area (Å²) in [6.07, 6.45) is 11.1. The number of benzene rings is 1. The monoisotopic (exact) mass is 428 g/mol. The van der Waals surface area contributed by atoms with Crippen LogP contribution in [0, 0.1) is 17.3 Å².